The Morgan fingerprint density at radius 1 is 0.914 bits per heavy atom. The van der Waals surface area contributed by atoms with Crippen LogP contribution in [0.5, 0.6) is 0 Å². The first-order chi connectivity index (χ1) is 17.1. The lowest BCUT2D eigenvalue weighted by Gasteiger charge is -2.20. The summed E-state index contributed by atoms with van der Waals surface area (Å²) in [4.78, 5) is 15.5. The number of hydrogen-bond acceptors (Lipinski definition) is 1. The molecular formula is C32H36FNO. The Bertz CT molecular complexity index is 1160. The number of hydrogen-bond donors (Lipinski definition) is 0. The minimum absolute atomic E-state index is 0.146. The summed E-state index contributed by atoms with van der Waals surface area (Å²) in [6.07, 6.45) is 10.6. The standard InChI is InChI=1S/C32H36FNO/c1-2-24-21-34(32(35)31-12-6-10-27-8-3-4-11-30(27)31)22-28(24)16-14-23-7-5-9-25(15-13-23)26-17-19-29(33)20-18-26/h2-4,6,8,10-12,17-20,23-25,28H,1,5,7,9,13-16,21-22H2. The molecule has 0 aromatic heterocycles. The van der Waals surface area contributed by atoms with E-state index in [2.05, 4.69) is 29.7 Å². The highest BCUT2D eigenvalue weighted by molar-refractivity contribution is 6.07. The van der Waals surface area contributed by atoms with Crippen LogP contribution in [0.4, 0.5) is 4.39 Å². The summed E-state index contributed by atoms with van der Waals surface area (Å²) in [6, 6.07) is 21.3. The molecule has 1 heterocycles. The number of carbonyl (C=O) groups excluding carboxylic acids is 1. The minimum atomic E-state index is -0.151. The normalized spacial score (nSPS) is 24.9. The van der Waals surface area contributed by atoms with Gasteiger partial charge in [-0.05, 0) is 83.9 Å². The van der Waals surface area contributed by atoms with Crippen LogP contribution in [0.1, 0.15) is 66.8 Å². The first-order valence-corrected chi connectivity index (χ1v) is 13.3. The van der Waals surface area contributed by atoms with Crippen LogP contribution < -0.4 is 0 Å². The van der Waals surface area contributed by atoms with E-state index in [-0.39, 0.29) is 11.7 Å². The van der Waals surface area contributed by atoms with Crippen molar-refractivity contribution < 1.29 is 9.18 Å². The lowest BCUT2D eigenvalue weighted by molar-refractivity contribution is 0.0786. The van der Waals surface area contributed by atoms with Crippen LogP contribution in [0.25, 0.3) is 10.8 Å². The van der Waals surface area contributed by atoms with Crippen LogP contribution >= 0.6 is 0 Å². The first kappa shape index (κ1) is 23.8. The predicted molar refractivity (Wildman–Crippen MR) is 142 cm³/mol. The monoisotopic (exact) mass is 469 g/mol. The van der Waals surface area contributed by atoms with Gasteiger partial charge in [0.2, 0.25) is 0 Å². The maximum Gasteiger partial charge on any atom is 0.254 e. The van der Waals surface area contributed by atoms with Crippen molar-refractivity contribution in [2.24, 2.45) is 17.8 Å². The second-order valence-corrected chi connectivity index (χ2v) is 10.6. The molecular weight excluding hydrogens is 433 g/mol. The molecule has 1 amide bonds. The minimum Gasteiger partial charge on any atom is -0.338 e. The van der Waals surface area contributed by atoms with Crippen LogP contribution in [0.3, 0.4) is 0 Å². The van der Waals surface area contributed by atoms with Crippen LogP contribution in [0.2, 0.25) is 0 Å². The number of benzene rings is 3. The lowest BCUT2D eigenvalue weighted by Crippen LogP contribution is -2.29. The van der Waals surface area contributed by atoms with Gasteiger partial charge in [0.05, 0.1) is 0 Å². The smallest absolute Gasteiger partial charge is 0.254 e. The molecule has 4 atom stereocenters. The second kappa shape index (κ2) is 10.8. The van der Waals surface area contributed by atoms with Gasteiger partial charge in [0.1, 0.15) is 5.82 Å². The van der Waals surface area contributed by atoms with Crippen molar-refractivity contribution in [2.45, 2.75) is 50.9 Å². The molecule has 3 aromatic carbocycles. The van der Waals surface area contributed by atoms with E-state index in [0.29, 0.717) is 17.8 Å². The molecule has 4 unspecified atom stereocenters. The molecule has 1 aliphatic carbocycles. The molecule has 0 bridgehead atoms. The maximum absolute atomic E-state index is 13.5. The van der Waals surface area contributed by atoms with Crippen LogP contribution in [0, 0.1) is 23.6 Å². The van der Waals surface area contributed by atoms with E-state index >= 15 is 0 Å². The molecule has 2 aliphatic rings. The lowest BCUT2D eigenvalue weighted by atomic mass is 9.85. The van der Waals surface area contributed by atoms with Gasteiger partial charge in [-0.2, -0.15) is 0 Å². The fourth-order valence-corrected chi connectivity index (χ4v) is 6.40. The molecule has 5 rings (SSSR count). The Balaban J connectivity index is 1.19. The second-order valence-electron chi connectivity index (χ2n) is 10.6. The van der Waals surface area contributed by atoms with Crippen molar-refractivity contribution in [2.75, 3.05) is 13.1 Å². The molecule has 0 N–H and O–H groups in total. The summed E-state index contributed by atoms with van der Waals surface area (Å²) in [5, 5.41) is 2.15. The van der Waals surface area contributed by atoms with Gasteiger partial charge >= 0.3 is 0 Å². The fourth-order valence-electron chi connectivity index (χ4n) is 6.40. The van der Waals surface area contributed by atoms with Crippen molar-refractivity contribution in [1.29, 1.82) is 0 Å². The maximum atomic E-state index is 13.5. The van der Waals surface area contributed by atoms with Crippen molar-refractivity contribution >= 4 is 16.7 Å². The Morgan fingerprint density at radius 3 is 2.54 bits per heavy atom. The third-order valence-electron chi connectivity index (χ3n) is 8.48. The molecule has 0 radical (unpaired) electrons. The van der Waals surface area contributed by atoms with Gasteiger partial charge in [-0.3, -0.25) is 4.79 Å². The van der Waals surface area contributed by atoms with E-state index in [0.717, 1.165) is 41.8 Å². The Kier molecular flexibility index (Phi) is 7.32. The zero-order valence-corrected chi connectivity index (χ0v) is 20.5. The van der Waals surface area contributed by atoms with E-state index in [1.165, 1.54) is 44.1 Å². The summed E-state index contributed by atoms with van der Waals surface area (Å²) >= 11 is 0. The Labute approximate surface area is 208 Å². The van der Waals surface area contributed by atoms with Gasteiger partial charge in [0.15, 0.2) is 0 Å². The number of rotatable bonds is 6. The van der Waals surface area contributed by atoms with E-state index in [1.54, 1.807) is 12.1 Å². The van der Waals surface area contributed by atoms with E-state index in [1.807, 2.05) is 42.5 Å². The molecule has 3 aromatic rings. The quantitative estimate of drug-likeness (QED) is 0.265. The zero-order chi connectivity index (χ0) is 24.2. The van der Waals surface area contributed by atoms with Crippen molar-refractivity contribution in [3.63, 3.8) is 0 Å². The van der Waals surface area contributed by atoms with Gasteiger partial charge in [0, 0.05) is 18.7 Å². The Hall–Kier alpha value is -2.94. The van der Waals surface area contributed by atoms with Gasteiger partial charge in [-0.15, -0.1) is 6.58 Å². The zero-order valence-electron chi connectivity index (χ0n) is 20.5. The van der Waals surface area contributed by atoms with E-state index in [9.17, 15) is 9.18 Å². The first-order valence-electron chi connectivity index (χ1n) is 13.3. The van der Waals surface area contributed by atoms with Gasteiger partial charge in [-0.1, -0.05) is 73.9 Å². The van der Waals surface area contributed by atoms with Crippen LogP contribution in [-0.4, -0.2) is 23.9 Å². The molecule has 1 aliphatic heterocycles. The molecule has 2 fully saturated rings. The molecule has 3 heteroatoms. The van der Waals surface area contributed by atoms with E-state index < -0.39 is 0 Å². The summed E-state index contributed by atoms with van der Waals surface area (Å²) in [5.74, 6) is 2.15. The highest BCUT2D eigenvalue weighted by atomic mass is 19.1. The number of fused-ring (bicyclic) bond motifs is 1. The molecule has 182 valence electrons. The highest BCUT2D eigenvalue weighted by Crippen LogP contribution is 2.38. The SMILES string of the molecule is C=CC1CN(C(=O)c2cccc3ccccc23)CC1CCC1CCCC(c2ccc(F)cc2)CC1. The average molecular weight is 470 g/mol. The van der Waals surface area contributed by atoms with Crippen molar-refractivity contribution in [3.8, 4) is 0 Å². The van der Waals surface area contributed by atoms with Gasteiger partial charge < -0.3 is 4.90 Å². The molecule has 0 spiro atoms. The van der Waals surface area contributed by atoms with Crippen LogP contribution in [0.15, 0.2) is 79.4 Å². The largest absolute Gasteiger partial charge is 0.338 e. The molecule has 35 heavy (non-hydrogen) atoms. The fraction of sp³-hybridized carbons (Fsp3) is 0.406. The van der Waals surface area contributed by atoms with Gasteiger partial charge in [-0.25, -0.2) is 4.39 Å². The summed E-state index contributed by atoms with van der Waals surface area (Å²) in [6.45, 7) is 5.70. The summed E-state index contributed by atoms with van der Waals surface area (Å²) in [5.41, 5.74) is 2.10. The predicted octanol–water partition coefficient (Wildman–Crippen LogP) is 8.00. The van der Waals surface area contributed by atoms with E-state index in [4.69, 9.17) is 0 Å². The number of amides is 1. The van der Waals surface area contributed by atoms with Gasteiger partial charge in [0.25, 0.3) is 5.91 Å². The highest BCUT2D eigenvalue weighted by Gasteiger charge is 2.34. The molecule has 1 saturated heterocycles. The average Bonchev–Trinajstić information content (AvgIpc) is 3.17. The summed E-state index contributed by atoms with van der Waals surface area (Å²) < 4.78 is 13.3. The van der Waals surface area contributed by atoms with Crippen molar-refractivity contribution in [1.82, 2.24) is 4.90 Å². The number of carbonyl (C=O) groups is 1. The third kappa shape index (κ3) is 5.34. The van der Waals surface area contributed by atoms with Crippen LogP contribution in [-0.2, 0) is 0 Å². The number of likely N-dealkylation sites (tertiary alicyclic amines) is 1. The van der Waals surface area contributed by atoms with Crippen molar-refractivity contribution in [3.05, 3.63) is 96.3 Å². The summed E-state index contributed by atoms with van der Waals surface area (Å²) in [7, 11) is 0. The molecule has 1 saturated carbocycles. The third-order valence-corrected chi connectivity index (χ3v) is 8.48. The number of nitrogens with zero attached hydrogens (tertiary/aromatic N) is 1. The Morgan fingerprint density at radius 2 is 1.71 bits per heavy atom. The topological polar surface area (TPSA) is 20.3 Å². The molecule has 2 nitrogen and oxygen atoms in total. The number of halogens is 1.